The van der Waals surface area contributed by atoms with Crippen molar-refractivity contribution in [2.45, 2.75) is 19.1 Å². The number of anilines is 1. The summed E-state index contributed by atoms with van der Waals surface area (Å²) >= 11 is 0. The number of hydrogen-bond acceptors (Lipinski definition) is 4. The molecule has 1 aromatic rings. The van der Waals surface area contributed by atoms with Crippen LogP contribution in [-0.2, 0) is 10.8 Å². The summed E-state index contributed by atoms with van der Waals surface area (Å²) in [6, 6.07) is 3.42. The van der Waals surface area contributed by atoms with Gasteiger partial charge in [-0.25, -0.2) is 4.98 Å². The van der Waals surface area contributed by atoms with Crippen molar-refractivity contribution in [3.63, 3.8) is 0 Å². The van der Waals surface area contributed by atoms with Gasteiger partial charge in [-0.15, -0.1) is 0 Å². The average Bonchev–Trinajstić information content (AvgIpc) is 2.34. The zero-order valence-electron chi connectivity index (χ0n) is 11.1. The molecule has 2 unspecified atom stereocenters. The Balaban J connectivity index is 2.72. The van der Waals surface area contributed by atoms with E-state index in [1.165, 1.54) is 0 Å². The molecule has 0 aliphatic heterocycles. The van der Waals surface area contributed by atoms with Crippen molar-refractivity contribution in [3.8, 4) is 0 Å². The number of carbonyl (C=O) groups excluding carboxylic acids is 1. The zero-order chi connectivity index (χ0) is 13.7. The molecule has 0 bridgehead atoms. The normalized spacial score (nSPS) is 13.8. The van der Waals surface area contributed by atoms with Crippen LogP contribution in [0.5, 0.6) is 0 Å². The summed E-state index contributed by atoms with van der Waals surface area (Å²) in [5, 5.41) is 5.62. The van der Waals surface area contributed by atoms with Crippen molar-refractivity contribution in [2.24, 2.45) is 0 Å². The first-order valence-corrected chi connectivity index (χ1v) is 7.33. The van der Waals surface area contributed by atoms with E-state index in [0.717, 1.165) is 5.69 Å². The van der Waals surface area contributed by atoms with Gasteiger partial charge in [-0.2, -0.15) is 0 Å². The summed E-state index contributed by atoms with van der Waals surface area (Å²) in [6.45, 7) is 4.08. The molecule has 1 amide bonds. The van der Waals surface area contributed by atoms with Crippen LogP contribution in [0.1, 0.15) is 23.0 Å². The highest BCUT2D eigenvalue weighted by Gasteiger charge is 2.11. The Morgan fingerprint density at radius 3 is 2.72 bits per heavy atom. The number of aryl methyl sites for hydroxylation is 1. The highest BCUT2D eigenvalue weighted by atomic mass is 32.2. The Morgan fingerprint density at radius 1 is 1.50 bits per heavy atom. The summed E-state index contributed by atoms with van der Waals surface area (Å²) in [4.78, 5) is 16.1. The van der Waals surface area contributed by atoms with Gasteiger partial charge >= 0.3 is 0 Å². The van der Waals surface area contributed by atoms with Crippen LogP contribution in [0.4, 0.5) is 5.82 Å². The molecule has 0 saturated carbocycles. The Bertz CT molecular complexity index is 463. The number of aromatic nitrogens is 1. The predicted molar refractivity (Wildman–Crippen MR) is 74.4 cm³/mol. The van der Waals surface area contributed by atoms with Crippen LogP contribution in [0.3, 0.4) is 0 Å². The molecule has 2 N–H and O–H groups in total. The molecule has 0 saturated heterocycles. The maximum Gasteiger partial charge on any atom is 0.251 e. The number of nitrogens with one attached hydrogen (secondary N) is 2. The average molecular weight is 269 g/mol. The second kappa shape index (κ2) is 6.49. The third-order valence-corrected chi connectivity index (χ3v) is 3.89. The Labute approximate surface area is 110 Å². The highest BCUT2D eigenvalue weighted by molar-refractivity contribution is 7.84. The lowest BCUT2D eigenvalue weighted by atomic mass is 10.2. The molecule has 100 valence electrons. The van der Waals surface area contributed by atoms with E-state index in [-0.39, 0.29) is 11.2 Å². The second-order valence-electron chi connectivity index (χ2n) is 4.15. The number of rotatable bonds is 5. The van der Waals surface area contributed by atoms with Gasteiger partial charge in [0, 0.05) is 47.2 Å². The molecule has 0 spiro atoms. The van der Waals surface area contributed by atoms with Crippen molar-refractivity contribution in [1.82, 2.24) is 10.3 Å². The second-order valence-corrected chi connectivity index (χ2v) is 5.95. The fourth-order valence-corrected chi connectivity index (χ4v) is 1.70. The zero-order valence-corrected chi connectivity index (χ0v) is 11.9. The summed E-state index contributed by atoms with van der Waals surface area (Å²) in [7, 11) is 0.823. The lowest BCUT2D eigenvalue weighted by Gasteiger charge is -2.11. The van der Waals surface area contributed by atoms with E-state index in [1.54, 1.807) is 25.4 Å². The molecule has 0 fully saturated rings. The van der Waals surface area contributed by atoms with Gasteiger partial charge < -0.3 is 10.6 Å². The molecular weight excluding hydrogens is 250 g/mol. The van der Waals surface area contributed by atoms with Crippen molar-refractivity contribution >= 4 is 22.5 Å². The van der Waals surface area contributed by atoms with Gasteiger partial charge in [0.2, 0.25) is 0 Å². The fraction of sp³-hybridized carbons (Fsp3) is 0.500. The molecule has 6 heteroatoms. The lowest BCUT2D eigenvalue weighted by Crippen LogP contribution is -2.32. The first-order valence-electron chi connectivity index (χ1n) is 5.71. The molecule has 1 heterocycles. The summed E-state index contributed by atoms with van der Waals surface area (Å²) in [5.41, 5.74) is 1.33. The van der Waals surface area contributed by atoms with Crippen LogP contribution >= 0.6 is 0 Å². The van der Waals surface area contributed by atoms with Crippen molar-refractivity contribution in [2.75, 3.05) is 25.2 Å². The minimum atomic E-state index is -0.933. The SMILES string of the molecule is CNc1cc(C(=O)NCC(C)S(C)=O)cc(C)n1. The van der Waals surface area contributed by atoms with E-state index in [2.05, 4.69) is 15.6 Å². The van der Waals surface area contributed by atoms with Gasteiger partial charge in [0.15, 0.2) is 0 Å². The highest BCUT2D eigenvalue weighted by Crippen LogP contribution is 2.09. The third kappa shape index (κ3) is 4.10. The standard InChI is InChI=1S/C12H19N3O2S/c1-8-5-10(6-11(13-3)15-8)12(16)14-7-9(2)18(4)17/h5-6,9H,7H2,1-4H3,(H,13,15)(H,14,16). The van der Waals surface area contributed by atoms with Gasteiger partial charge in [-0.1, -0.05) is 0 Å². The van der Waals surface area contributed by atoms with Gasteiger partial charge in [-0.3, -0.25) is 9.00 Å². The van der Waals surface area contributed by atoms with E-state index < -0.39 is 10.8 Å². The molecule has 1 rings (SSSR count). The Hall–Kier alpha value is -1.43. The molecule has 0 aliphatic rings. The Kier molecular flexibility index (Phi) is 5.27. The topological polar surface area (TPSA) is 71.1 Å². The molecule has 0 aliphatic carbocycles. The van der Waals surface area contributed by atoms with Crippen LogP contribution in [0.15, 0.2) is 12.1 Å². The quantitative estimate of drug-likeness (QED) is 0.834. The largest absolute Gasteiger partial charge is 0.373 e. The number of amides is 1. The predicted octanol–water partition coefficient (Wildman–Crippen LogP) is 0.929. The van der Waals surface area contributed by atoms with Crippen LogP contribution in [0.2, 0.25) is 0 Å². The first-order chi connectivity index (χ1) is 8.43. The summed E-state index contributed by atoms with van der Waals surface area (Å²) in [6.07, 6.45) is 1.63. The summed E-state index contributed by atoms with van der Waals surface area (Å²) < 4.78 is 11.2. The molecule has 0 radical (unpaired) electrons. The van der Waals surface area contributed by atoms with E-state index in [0.29, 0.717) is 17.9 Å². The monoisotopic (exact) mass is 269 g/mol. The fourth-order valence-electron chi connectivity index (χ4n) is 1.38. The molecule has 1 aromatic heterocycles. The van der Waals surface area contributed by atoms with Crippen molar-refractivity contribution in [1.29, 1.82) is 0 Å². The molecule has 18 heavy (non-hydrogen) atoms. The van der Waals surface area contributed by atoms with Crippen molar-refractivity contribution in [3.05, 3.63) is 23.4 Å². The lowest BCUT2D eigenvalue weighted by molar-refractivity contribution is 0.0954. The first kappa shape index (κ1) is 14.6. The number of nitrogens with zero attached hydrogens (tertiary/aromatic N) is 1. The van der Waals surface area contributed by atoms with Crippen LogP contribution in [0, 0.1) is 6.92 Å². The van der Waals surface area contributed by atoms with Crippen LogP contribution in [-0.4, -0.2) is 40.2 Å². The van der Waals surface area contributed by atoms with Crippen LogP contribution < -0.4 is 10.6 Å². The minimum absolute atomic E-state index is 0.0549. The van der Waals surface area contributed by atoms with Crippen LogP contribution in [0.25, 0.3) is 0 Å². The van der Waals surface area contributed by atoms with Gasteiger partial charge in [0.1, 0.15) is 5.82 Å². The van der Waals surface area contributed by atoms with Crippen molar-refractivity contribution < 1.29 is 9.00 Å². The molecule has 5 nitrogen and oxygen atoms in total. The smallest absolute Gasteiger partial charge is 0.251 e. The van der Waals surface area contributed by atoms with Gasteiger partial charge in [0.25, 0.3) is 5.91 Å². The summed E-state index contributed by atoms with van der Waals surface area (Å²) in [5.74, 6) is 0.488. The van der Waals surface area contributed by atoms with Gasteiger partial charge in [-0.05, 0) is 26.0 Å². The maximum absolute atomic E-state index is 11.9. The third-order valence-electron chi connectivity index (χ3n) is 2.59. The number of carbonyl (C=O) groups is 1. The molecular formula is C12H19N3O2S. The van der Waals surface area contributed by atoms with Gasteiger partial charge in [0.05, 0.1) is 0 Å². The van der Waals surface area contributed by atoms with E-state index in [9.17, 15) is 9.00 Å². The number of pyridine rings is 1. The van der Waals surface area contributed by atoms with E-state index in [1.807, 2.05) is 13.8 Å². The van der Waals surface area contributed by atoms with E-state index >= 15 is 0 Å². The minimum Gasteiger partial charge on any atom is -0.373 e. The molecule has 2 atom stereocenters. The number of hydrogen-bond donors (Lipinski definition) is 2. The molecule has 0 aromatic carbocycles. The Morgan fingerprint density at radius 2 is 2.17 bits per heavy atom. The van der Waals surface area contributed by atoms with E-state index in [4.69, 9.17) is 0 Å². The maximum atomic E-state index is 11.9.